The molecule has 0 saturated carbocycles. The van der Waals surface area contributed by atoms with Gasteiger partial charge in [0.1, 0.15) is 5.58 Å². The van der Waals surface area contributed by atoms with Crippen molar-refractivity contribution in [2.24, 2.45) is 0 Å². The third-order valence-corrected chi connectivity index (χ3v) is 4.68. The van der Waals surface area contributed by atoms with Crippen molar-refractivity contribution >= 4 is 22.9 Å². The van der Waals surface area contributed by atoms with Gasteiger partial charge in [-0.05, 0) is 17.7 Å². The van der Waals surface area contributed by atoms with Crippen molar-refractivity contribution in [3.05, 3.63) is 72.0 Å². The van der Waals surface area contributed by atoms with Gasteiger partial charge >= 0.3 is 6.03 Å². The highest BCUT2D eigenvalue weighted by Gasteiger charge is 2.30. The first kappa shape index (κ1) is 17.3. The van der Waals surface area contributed by atoms with Gasteiger partial charge in [0.15, 0.2) is 5.76 Å². The molecule has 0 radical (unpaired) electrons. The van der Waals surface area contributed by atoms with Crippen LogP contribution < -0.4 is 5.32 Å². The molecule has 27 heavy (non-hydrogen) atoms. The number of nitrogens with one attached hydrogen (secondary N) is 1. The summed E-state index contributed by atoms with van der Waals surface area (Å²) in [6.07, 6.45) is 0. The van der Waals surface area contributed by atoms with Gasteiger partial charge in [-0.3, -0.25) is 9.69 Å². The minimum Gasteiger partial charge on any atom is -0.451 e. The quantitative estimate of drug-likeness (QED) is 0.777. The zero-order chi connectivity index (χ0) is 18.6. The number of carbonyl (C=O) groups excluding carboxylic acids is 2. The Morgan fingerprint density at radius 2 is 1.70 bits per heavy atom. The van der Waals surface area contributed by atoms with Gasteiger partial charge < -0.3 is 14.6 Å². The molecule has 3 amide bonds. The van der Waals surface area contributed by atoms with Gasteiger partial charge in [0.25, 0.3) is 5.91 Å². The molecule has 1 aromatic heterocycles. The number of furan rings is 1. The number of amides is 3. The summed E-state index contributed by atoms with van der Waals surface area (Å²) in [5.41, 5.74) is 1.53. The van der Waals surface area contributed by atoms with Crippen molar-refractivity contribution in [2.75, 3.05) is 26.2 Å². The van der Waals surface area contributed by atoms with Crippen LogP contribution in [0.5, 0.6) is 0 Å². The van der Waals surface area contributed by atoms with E-state index in [9.17, 15) is 9.59 Å². The number of para-hydroxylation sites is 1. The standard InChI is InChI=1S/C21H21N3O3/c25-20(19-14-17-8-4-5-9-18(17)27-19)24(15-16-6-2-1-3-7-16)21(26)23-12-10-22-11-13-23/h1-9,14,22H,10-13,15H2. The molecule has 0 spiro atoms. The number of imide groups is 1. The van der Waals surface area contributed by atoms with E-state index in [0.717, 1.165) is 24.0 Å². The number of rotatable bonds is 3. The average Bonchev–Trinajstić information content (AvgIpc) is 3.17. The van der Waals surface area contributed by atoms with Gasteiger partial charge in [-0.25, -0.2) is 4.79 Å². The zero-order valence-corrected chi connectivity index (χ0v) is 14.9. The maximum Gasteiger partial charge on any atom is 0.327 e. The number of fused-ring (bicyclic) bond motifs is 1. The number of piperazine rings is 1. The molecule has 1 aliphatic rings. The van der Waals surface area contributed by atoms with E-state index in [0.29, 0.717) is 18.7 Å². The lowest BCUT2D eigenvalue weighted by molar-refractivity contribution is 0.0712. The topological polar surface area (TPSA) is 65.8 Å². The van der Waals surface area contributed by atoms with Crippen LogP contribution in [0.3, 0.4) is 0 Å². The summed E-state index contributed by atoms with van der Waals surface area (Å²) in [5, 5.41) is 4.06. The molecule has 1 aliphatic heterocycles. The summed E-state index contributed by atoms with van der Waals surface area (Å²) in [5.74, 6) is -0.241. The minimum atomic E-state index is -0.418. The monoisotopic (exact) mass is 363 g/mol. The highest BCUT2D eigenvalue weighted by Crippen LogP contribution is 2.21. The number of benzene rings is 2. The van der Waals surface area contributed by atoms with E-state index < -0.39 is 5.91 Å². The number of carbonyl (C=O) groups is 2. The smallest absolute Gasteiger partial charge is 0.327 e. The molecule has 0 atom stereocenters. The molecule has 138 valence electrons. The van der Waals surface area contributed by atoms with Crippen molar-refractivity contribution in [3.63, 3.8) is 0 Å². The average molecular weight is 363 g/mol. The van der Waals surface area contributed by atoms with Crippen molar-refractivity contribution < 1.29 is 14.0 Å². The van der Waals surface area contributed by atoms with Crippen LogP contribution in [0.2, 0.25) is 0 Å². The molecule has 1 N–H and O–H groups in total. The van der Waals surface area contributed by atoms with Crippen molar-refractivity contribution in [2.45, 2.75) is 6.54 Å². The van der Waals surface area contributed by atoms with Crippen LogP contribution in [0.25, 0.3) is 11.0 Å². The summed E-state index contributed by atoms with van der Waals surface area (Å²) in [4.78, 5) is 29.3. The fourth-order valence-corrected chi connectivity index (χ4v) is 3.24. The Balaban J connectivity index is 1.65. The Labute approximate surface area is 157 Å². The van der Waals surface area contributed by atoms with E-state index in [2.05, 4.69) is 5.32 Å². The molecule has 6 nitrogen and oxygen atoms in total. The molecule has 3 aromatic rings. The zero-order valence-electron chi connectivity index (χ0n) is 14.9. The Morgan fingerprint density at radius 3 is 2.44 bits per heavy atom. The van der Waals surface area contributed by atoms with Crippen molar-refractivity contribution in [1.29, 1.82) is 0 Å². The number of hydrogen-bond donors (Lipinski definition) is 1. The van der Waals surface area contributed by atoms with Gasteiger partial charge in [0, 0.05) is 31.6 Å². The van der Waals surface area contributed by atoms with Crippen LogP contribution in [-0.2, 0) is 6.54 Å². The predicted octanol–water partition coefficient (Wildman–Crippen LogP) is 3.10. The van der Waals surface area contributed by atoms with Crippen LogP contribution >= 0.6 is 0 Å². The minimum absolute atomic E-state index is 0.176. The number of hydrogen-bond acceptors (Lipinski definition) is 4. The summed E-state index contributed by atoms with van der Waals surface area (Å²) in [6.45, 7) is 2.82. The van der Waals surface area contributed by atoms with Crippen LogP contribution in [0.15, 0.2) is 65.1 Å². The highest BCUT2D eigenvalue weighted by molar-refractivity contribution is 6.04. The maximum atomic E-state index is 13.2. The fourth-order valence-electron chi connectivity index (χ4n) is 3.24. The summed E-state index contributed by atoms with van der Waals surface area (Å²) in [7, 11) is 0. The van der Waals surface area contributed by atoms with Crippen molar-refractivity contribution in [1.82, 2.24) is 15.1 Å². The summed E-state index contributed by atoms with van der Waals surface area (Å²) < 4.78 is 5.71. The lowest BCUT2D eigenvalue weighted by Crippen LogP contribution is -2.52. The second-order valence-electron chi connectivity index (χ2n) is 6.54. The molecule has 0 aliphatic carbocycles. The summed E-state index contributed by atoms with van der Waals surface area (Å²) in [6, 6.07) is 18.4. The number of urea groups is 1. The molecular formula is C21H21N3O3. The highest BCUT2D eigenvalue weighted by atomic mass is 16.3. The van der Waals surface area contributed by atoms with Gasteiger partial charge in [-0.1, -0.05) is 48.5 Å². The first-order valence-electron chi connectivity index (χ1n) is 9.06. The van der Waals surface area contributed by atoms with Gasteiger partial charge in [-0.2, -0.15) is 0 Å². The number of nitrogens with zero attached hydrogens (tertiary/aromatic N) is 2. The largest absolute Gasteiger partial charge is 0.451 e. The van der Waals surface area contributed by atoms with E-state index in [4.69, 9.17) is 4.42 Å². The van der Waals surface area contributed by atoms with E-state index in [1.54, 1.807) is 11.0 Å². The molecule has 2 heterocycles. The Morgan fingerprint density at radius 1 is 1.00 bits per heavy atom. The SMILES string of the molecule is O=C(c1cc2ccccc2o1)N(Cc1ccccc1)C(=O)N1CCNCC1. The van der Waals surface area contributed by atoms with Crippen LogP contribution in [0.4, 0.5) is 4.79 Å². The van der Waals surface area contributed by atoms with E-state index >= 15 is 0 Å². The van der Waals surface area contributed by atoms with Gasteiger partial charge in [-0.15, -0.1) is 0 Å². The molecule has 1 saturated heterocycles. The van der Waals surface area contributed by atoms with Crippen LogP contribution in [0, 0.1) is 0 Å². The predicted molar refractivity (Wildman–Crippen MR) is 102 cm³/mol. The van der Waals surface area contributed by atoms with Gasteiger partial charge in [0.05, 0.1) is 6.54 Å². The van der Waals surface area contributed by atoms with Gasteiger partial charge in [0.2, 0.25) is 0 Å². The Hall–Kier alpha value is -3.12. The fraction of sp³-hybridized carbons (Fsp3) is 0.238. The molecule has 0 unspecified atom stereocenters. The Bertz CT molecular complexity index is 912. The second-order valence-corrected chi connectivity index (χ2v) is 6.54. The van der Waals surface area contributed by atoms with E-state index in [1.165, 1.54) is 4.90 Å². The second kappa shape index (κ2) is 7.63. The lowest BCUT2D eigenvalue weighted by Gasteiger charge is -2.32. The molecule has 1 fully saturated rings. The third kappa shape index (κ3) is 3.71. The van der Waals surface area contributed by atoms with Crippen molar-refractivity contribution in [3.8, 4) is 0 Å². The van der Waals surface area contributed by atoms with E-state index in [-0.39, 0.29) is 18.3 Å². The molecule has 4 rings (SSSR count). The molecule has 6 heteroatoms. The molecular weight excluding hydrogens is 342 g/mol. The lowest BCUT2D eigenvalue weighted by atomic mass is 10.2. The first-order valence-corrected chi connectivity index (χ1v) is 9.06. The summed E-state index contributed by atoms with van der Waals surface area (Å²) >= 11 is 0. The van der Waals surface area contributed by atoms with Crippen LogP contribution in [0.1, 0.15) is 16.1 Å². The maximum absolute atomic E-state index is 13.2. The normalized spacial score (nSPS) is 14.3. The van der Waals surface area contributed by atoms with Crippen LogP contribution in [-0.4, -0.2) is 47.9 Å². The van der Waals surface area contributed by atoms with E-state index in [1.807, 2.05) is 54.6 Å². The molecule has 2 aromatic carbocycles. The Kier molecular flexibility index (Phi) is 4.89. The molecule has 0 bridgehead atoms. The first-order chi connectivity index (χ1) is 13.2. The third-order valence-electron chi connectivity index (χ3n) is 4.68.